The Balaban J connectivity index is 1.26. The number of rotatable bonds is 5. The molecule has 1 aliphatic rings. The number of amides is 1. The minimum Gasteiger partial charge on any atom is -0.378 e. The normalized spacial score (nSPS) is 13.8. The van der Waals surface area contributed by atoms with Crippen LogP contribution in [-0.2, 0) is 4.74 Å². The summed E-state index contributed by atoms with van der Waals surface area (Å²) in [6.45, 7) is 4.88. The number of aromatic nitrogens is 4. The van der Waals surface area contributed by atoms with Crippen molar-refractivity contribution in [2.75, 3.05) is 41.8 Å². The van der Waals surface area contributed by atoms with Gasteiger partial charge in [-0.15, -0.1) is 0 Å². The summed E-state index contributed by atoms with van der Waals surface area (Å²) in [5.41, 5.74) is 4.51. The largest absolute Gasteiger partial charge is 0.378 e. The highest BCUT2D eigenvalue weighted by Crippen LogP contribution is 2.21. The van der Waals surface area contributed by atoms with E-state index in [9.17, 15) is 4.79 Å². The zero-order chi connectivity index (χ0) is 21.9. The Hall–Kier alpha value is -3.63. The van der Waals surface area contributed by atoms with Crippen molar-refractivity contribution in [3.8, 4) is 0 Å². The molecule has 1 fully saturated rings. The first-order valence-corrected chi connectivity index (χ1v) is 11.0. The van der Waals surface area contributed by atoms with Crippen LogP contribution >= 0.6 is 11.7 Å². The molecule has 0 saturated carbocycles. The molecular formula is C22H21N7O2S. The highest BCUT2D eigenvalue weighted by atomic mass is 32.1. The predicted octanol–water partition coefficient (Wildman–Crippen LogP) is 3.62. The predicted molar refractivity (Wildman–Crippen MR) is 125 cm³/mol. The van der Waals surface area contributed by atoms with Gasteiger partial charge in [-0.25, -0.2) is 4.98 Å². The third kappa shape index (κ3) is 4.51. The maximum absolute atomic E-state index is 12.6. The molecule has 1 saturated heterocycles. The number of hydrogen-bond donors (Lipinski definition) is 2. The van der Waals surface area contributed by atoms with E-state index in [1.54, 1.807) is 18.2 Å². The van der Waals surface area contributed by atoms with Crippen LogP contribution in [-0.4, -0.2) is 50.9 Å². The molecule has 4 aromatic rings. The van der Waals surface area contributed by atoms with Gasteiger partial charge in [0, 0.05) is 41.8 Å². The fraction of sp³-hybridized carbons (Fsp3) is 0.227. The van der Waals surface area contributed by atoms with Crippen molar-refractivity contribution in [3.05, 3.63) is 59.8 Å². The summed E-state index contributed by atoms with van der Waals surface area (Å²) >= 11 is 1.13. The number of carbonyl (C=O) groups excluding carboxylic acids is 1. The zero-order valence-electron chi connectivity index (χ0n) is 17.4. The van der Waals surface area contributed by atoms with E-state index in [0.717, 1.165) is 53.1 Å². The number of morpholine rings is 1. The van der Waals surface area contributed by atoms with Gasteiger partial charge in [-0.1, -0.05) is 0 Å². The van der Waals surface area contributed by atoms with Gasteiger partial charge in [0.05, 0.1) is 24.9 Å². The van der Waals surface area contributed by atoms with Gasteiger partial charge < -0.3 is 20.3 Å². The third-order valence-electron chi connectivity index (χ3n) is 5.07. The Morgan fingerprint density at radius 3 is 2.53 bits per heavy atom. The molecule has 0 radical (unpaired) electrons. The fourth-order valence-electron chi connectivity index (χ4n) is 3.43. The number of benzene rings is 2. The van der Waals surface area contributed by atoms with Crippen LogP contribution in [0.25, 0.3) is 11.0 Å². The van der Waals surface area contributed by atoms with Crippen LogP contribution in [0.5, 0.6) is 0 Å². The topological polar surface area (TPSA) is 105 Å². The lowest BCUT2D eigenvalue weighted by atomic mass is 10.2. The smallest absolute Gasteiger partial charge is 0.255 e. The molecule has 0 bridgehead atoms. The van der Waals surface area contributed by atoms with Crippen LogP contribution in [0.1, 0.15) is 16.1 Å². The first-order chi connectivity index (χ1) is 15.6. The SMILES string of the molecule is Cc1cc(Nc2ccc(NC(=O)c3ccc4nsnc4c3)cc2)nc(N2CCOCC2)n1. The van der Waals surface area contributed by atoms with E-state index >= 15 is 0 Å². The summed E-state index contributed by atoms with van der Waals surface area (Å²) in [6.07, 6.45) is 0. The molecule has 0 spiro atoms. The Morgan fingerprint density at radius 1 is 0.969 bits per heavy atom. The van der Waals surface area contributed by atoms with E-state index in [4.69, 9.17) is 4.74 Å². The summed E-state index contributed by atoms with van der Waals surface area (Å²) in [5.74, 6) is 1.23. The molecular weight excluding hydrogens is 426 g/mol. The first-order valence-electron chi connectivity index (χ1n) is 10.2. The van der Waals surface area contributed by atoms with Crippen LogP contribution in [0.4, 0.5) is 23.1 Å². The third-order valence-corrected chi connectivity index (χ3v) is 5.62. The van der Waals surface area contributed by atoms with E-state index < -0.39 is 0 Å². The van der Waals surface area contributed by atoms with Gasteiger partial charge in [0.25, 0.3) is 5.91 Å². The molecule has 1 aliphatic heterocycles. The van der Waals surface area contributed by atoms with Crippen molar-refractivity contribution in [2.45, 2.75) is 6.92 Å². The Labute approximate surface area is 188 Å². The Bertz CT molecular complexity index is 1250. The van der Waals surface area contributed by atoms with Gasteiger partial charge in [0.2, 0.25) is 5.95 Å². The van der Waals surface area contributed by atoms with Gasteiger partial charge in [-0.05, 0) is 49.4 Å². The number of fused-ring (bicyclic) bond motifs is 1. The molecule has 162 valence electrons. The number of ether oxygens (including phenoxy) is 1. The standard InChI is InChI=1S/C22H21N7O2S/c1-14-12-20(26-22(23-14)29-8-10-31-11-9-29)24-16-3-5-17(6-4-16)25-21(30)15-2-7-18-19(13-15)28-32-27-18/h2-7,12-13H,8-11H2,1H3,(H,25,30)(H,23,24,26). The molecule has 2 aromatic carbocycles. The van der Waals surface area contributed by atoms with Crippen LogP contribution in [0.3, 0.4) is 0 Å². The molecule has 3 heterocycles. The molecule has 0 atom stereocenters. The zero-order valence-corrected chi connectivity index (χ0v) is 18.2. The van der Waals surface area contributed by atoms with Crippen molar-refractivity contribution < 1.29 is 9.53 Å². The second kappa shape index (κ2) is 8.85. The molecule has 2 aromatic heterocycles. The number of hydrogen-bond acceptors (Lipinski definition) is 9. The molecule has 32 heavy (non-hydrogen) atoms. The van der Waals surface area contributed by atoms with Crippen molar-refractivity contribution in [1.82, 2.24) is 18.7 Å². The second-order valence-electron chi connectivity index (χ2n) is 7.42. The van der Waals surface area contributed by atoms with Gasteiger partial charge in [0.1, 0.15) is 16.9 Å². The van der Waals surface area contributed by atoms with Crippen molar-refractivity contribution in [3.63, 3.8) is 0 Å². The summed E-state index contributed by atoms with van der Waals surface area (Å²) < 4.78 is 13.8. The number of nitrogens with zero attached hydrogens (tertiary/aromatic N) is 5. The lowest BCUT2D eigenvalue weighted by molar-refractivity contribution is 0.102. The van der Waals surface area contributed by atoms with Gasteiger partial charge in [-0.2, -0.15) is 13.7 Å². The lowest BCUT2D eigenvalue weighted by Crippen LogP contribution is -2.37. The van der Waals surface area contributed by atoms with E-state index in [1.807, 2.05) is 37.3 Å². The lowest BCUT2D eigenvalue weighted by Gasteiger charge is -2.27. The maximum Gasteiger partial charge on any atom is 0.255 e. The summed E-state index contributed by atoms with van der Waals surface area (Å²) in [7, 11) is 0. The average molecular weight is 448 g/mol. The van der Waals surface area contributed by atoms with Crippen LogP contribution in [0, 0.1) is 6.92 Å². The quantitative estimate of drug-likeness (QED) is 0.478. The van der Waals surface area contributed by atoms with Crippen molar-refractivity contribution >= 4 is 51.8 Å². The highest BCUT2D eigenvalue weighted by Gasteiger charge is 2.15. The van der Waals surface area contributed by atoms with Gasteiger partial charge >= 0.3 is 0 Å². The number of anilines is 4. The summed E-state index contributed by atoms with van der Waals surface area (Å²) in [5, 5.41) is 6.23. The molecule has 10 heteroatoms. The van der Waals surface area contributed by atoms with E-state index in [0.29, 0.717) is 30.4 Å². The molecule has 0 unspecified atom stereocenters. The van der Waals surface area contributed by atoms with Crippen LogP contribution in [0.2, 0.25) is 0 Å². The number of nitrogens with one attached hydrogen (secondary N) is 2. The minimum atomic E-state index is -0.192. The van der Waals surface area contributed by atoms with Crippen LogP contribution < -0.4 is 15.5 Å². The molecule has 1 amide bonds. The molecule has 0 aliphatic carbocycles. The average Bonchev–Trinajstić information content (AvgIpc) is 3.28. The van der Waals surface area contributed by atoms with Crippen LogP contribution in [0.15, 0.2) is 48.5 Å². The van der Waals surface area contributed by atoms with Crippen molar-refractivity contribution in [2.24, 2.45) is 0 Å². The van der Waals surface area contributed by atoms with E-state index in [2.05, 4.69) is 34.2 Å². The summed E-state index contributed by atoms with van der Waals surface area (Å²) in [4.78, 5) is 23.9. The number of aryl methyl sites for hydroxylation is 1. The Kier molecular flexibility index (Phi) is 5.61. The van der Waals surface area contributed by atoms with E-state index in [1.165, 1.54) is 0 Å². The van der Waals surface area contributed by atoms with E-state index in [-0.39, 0.29) is 5.91 Å². The molecule has 9 nitrogen and oxygen atoms in total. The molecule has 2 N–H and O–H groups in total. The molecule has 5 rings (SSSR count). The maximum atomic E-state index is 12.6. The number of carbonyl (C=O) groups is 1. The second-order valence-corrected chi connectivity index (χ2v) is 7.95. The van der Waals surface area contributed by atoms with Gasteiger partial charge in [0.15, 0.2) is 0 Å². The van der Waals surface area contributed by atoms with Crippen molar-refractivity contribution in [1.29, 1.82) is 0 Å². The first kappa shape index (κ1) is 20.3. The Morgan fingerprint density at radius 2 is 1.72 bits per heavy atom. The van der Waals surface area contributed by atoms with Gasteiger partial charge in [-0.3, -0.25) is 4.79 Å². The monoisotopic (exact) mass is 447 g/mol. The highest BCUT2D eigenvalue weighted by molar-refractivity contribution is 7.00. The summed E-state index contributed by atoms with van der Waals surface area (Å²) in [6, 6.07) is 14.7. The fourth-order valence-corrected chi connectivity index (χ4v) is 3.95. The minimum absolute atomic E-state index is 0.192.